The minimum Gasteiger partial charge on any atom is -0.496 e. The van der Waals surface area contributed by atoms with E-state index >= 15 is 0 Å². The zero-order chi connectivity index (χ0) is 13.2. The van der Waals surface area contributed by atoms with Crippen LogP contribution in [0.3, 0.4) is 0 Å². The summed E-state index contributed by atoms with van der Waals surface area (Å²) in [6.07, 6.45) is 0. The lowest BCUT2D eigenvalue weighted by Crippen LogP contribution is -1.86. The van der Waals surface area contributed by atoms with Crippen LogP contribution in [-0.4, -0.2) is 12.1 Å². The number of methoxy groups -OCH3 is 1. The van der Waals surface area contributed by atoms with Crippen LogP contribution in [0.15, 0.2) is 45.6 Å². The lowest BCUT2D eigenvalue weighted by atomic mass is 10.2. The van der Waals surface area contributed by atoms with Crippen LogP contribution < -0.4 is 4.74 Å². The molecule has 0 saturated carbocycles. The van der Waals surface area contributed by atoms with Crippen LogP contribution in [-0.2, 0) is 0 Å². The lowest BCUT2D eigenvalue weighted by molar-refractivity contribution is 0.416. The molecule has 2 aromatic heterocycles. The SMILES string of the molecule is COc1ccccc1-c1nc(-c2ccc(Br)s2)cs1. The average molecular weight is 352 g/mol. The highest BCUT2D eigenvalue weighted by Gasteiger charge is 2.11. The monoisotopic (exact) mass is 351 g/mol. The second-order valence-electron chi connectivity index (χ2n) is 3.84. The molecule has 0 aliphatic heterocycles. The minimum atomic E-state index is 0.857. The highest BCUT2D eigenvalue weighted by molar-refractivity contribution is 9.11. The molecular weight excluding hydrogens is 342 g/mol. The fourth-order valence-corrected chi connectivity index (χ4v) is 4.05. The third-order valence-electron chi connectivity index (χ3n) is 2.67. The molecule has 5 heteroatoms. The number of aromatic nitrogens is 1. The molecule has 0 aliphatic rings. The third kappa shape index (κ3) is 2.59. The Labute approximate surface area is 127 Å². The topological polar surface area (TPSA) is 22.1 Å². The molecule has 0 aliphatic carbocycles. The van der Waals surface area contributed by atoms with Crippen molar-refractivity contribution in [2.24, 2.45) is 0 Å². The van der Waals surface area contributed by atoms with Gasteiger partial charge in [0.25, 0.3) is 0 Å². The number of rotatable bonds is 3. The number of thiazole rings is 1. The molecule has 0 fully saturated rings. The van der Waals surface area contributed by atoms with E-state index in [1.54, 1.807) is 29.8 Å². The number of benzene rings is 1. The van der Waals surface area contributed by atoms with Crippen molar-refractivity contribution in [3.63, 3.8) is 0 Å². The molecule has 19 heavy (non-hydrogen) atoms. The summed E-state index contributed by atoms with van der Waals surface area (Å²) >= 11 is 6.80. The first kappa shape index (κ1) is 12.8. The molecule has 2 nitrogen and oxygen atoms in total. The largest absolute Gasteiger partial charge is 0.496 e. The highest BCUT2D eigenvalue weighted by Crippen LogP contribution is 2.37. The first-order valence-corrected chi connectivity index (χ1v) is 8.11. The van der Waals surface area contributed by atoms with Crippen LogP contribution in [0.4, 0.5) is 0 Å². The summed E-state index contributed by atoms with van der Waals surface area (Å²) in [6, 6.07) is 12.1. The number of thiophene rings is 1. The van der Waals surface area contributed by atoms with Crippen molar-refractivity contribution in [1.82, 2.24) is 4.98 Å². The second-order valence-corrected chi connectivity index (χ2v) is 7.16. The number of hydrogen-bond donors (Lipinski definition) is 0. The molecule has 2 heterocycles. The first-order chi connectivity index (χ1) is 9.28. The van der Waals surface area contributed by atoms with Gasteiger partial charge >= 0.3 is 0 Å². The smallest absolute Gasteiger partial charge is 0.129 e. The van der Waals surface area contributed by atoms with E-state index in [0.717, 1.165) is 25.8 Å². The Balaban J connectivity index is 2.01. The van der Waals surface area contributed by atoms with Gasteiger partial charge in [0.1, 0.15) is 10.8 Å². The Morgan fingerprint density at radius 3 is 2.74 bits per heavy atom. The van der Waals surface area contributed by atoms with Gasteiger partial charge in [-0.2, -0.15) is 0 Å². The summed E-state index contributed by atoms with van der Waals surface area (Å²) < 4.78 is 6.50. The predicted octanol–water partition coefficient (Wildman–Crippen LogP) is 5.31. The number of para-hydroxylation sites is 1. The maximum absolute atomic E-state index is 5.38. The lowest BCUT2D eigenvalue weighted by Gasteiger charge is -2.04. The maximum atomic E-state index is 5.38. The van der Waals surface area contributed by atoms with Gasteiger partial charge in [-0.1, -0.05) is 12.1 Å². The van der Waals surface area contributed by atoms with Crippen molar-refractivity contribution in [2.45, 2.75) is 0 Å². The van der Waals surface area contributed by atoms with Gasteiger partial charge in [0, 0.05) is 5.38 Å². The van der Waals surface area contributed by atoms with Gasteiger partial charge in [0.2, 0.25) is 0 Å². The van der Waals surface area contributed by atoms with E-state index in [0.29, 0.717) is 0 Å². The van der Waals surface area contributed by atoms with E-state index in [4.69, 9.17) is 9.72 Å². The van der Waals surface area contributed by atoms with Crippen molar-refractivity contribution >= 4 is 38.6 Å². The van der Waals surface area contributed by atoms with E-state index < -0.39 is 0 Å². The number of nitrogens with zero attached hydrogens (tertiary/aromatic N) is 1. The molecule has 0 radical (unpaired) electrons. The van der Waals surface area contributed by atoms with E-state index in [2.05, 4.69) is 27.4 Å². The summed E-state index contributed by atoms with van der Waals surface area (Å²) in [5, 5.41) is 3.07. The van der Waals surface area contributed by atoms with Crippen molar-refractivity contribution in [1.29, 1.82) is 0 Å². The van der Waals surface area contributed by atoms with Crippen LogP contribution in [0.1, 0.15) is 0 Å². The standard InChI is InChI=1S/C14H10BrNOS2/c1-17-11-5-3-2-4-9(11)14-16-10(8-18-14)12-6-7-13(15)19-12/h2-8H,1H3. The molecule has 0 atom stereocenters. The zero-order valence-corrected chi connectivity index (χ0v) is 13.3. The van der Waals surface area contributed by atoms with E-state index in [9.17, 15) is 0 Å². The summed E-state index contributed by atoms with van der Waals surface area (Å²) in [6.45, 7) is 0. The predicted molar refractivity (Wildman–Crippen MR) is 85.1 cm³/mol. The summed E-state index contributed by atoms with van der Waals surface area (Å²) in [5.41, 5.74) is 2.05. The number of hydrogen-bond acceptors (Lipinski definition) is 4. The molecule has 3 aromatic rings. The maximum Gasteiger partial charge on any atom is 0.129 e. The molecule has 0 spiro atoms. The molecule has 3 rings (SSSR count). The molecule has 1 aromatic carbocycles. The fraction of sp³-hybridized carbons (Fsp3) is 0.0714. The first-order valence-electron chi connectivity index (χ1n) is 5.62. The van der Waals surface area contributed by atoms with Gasteiger partial charge in [-0.25, -0.2) is 4.98 Å². The normalized spacial score (nSPS) is 10.6. The van der Waals surface area contributed by atoms with Crippen molar-refractivity contribution < 1.29 is 4.74 Å². The van der Waals surface area contributed by atoms with Crippen LogP contribution in [0, 0.1) is 0 Å². The zero-order valence-electron chi connectivity index (χ0n) is 10.1. The minimum absolute atomic E-state index is 0.857. The summed E-state index contributed by atoms with van der Waals surface area (Å²) in [5.74, 6) is 0.857. The molecular formula is C14H10BrNOS2. The van der Waals surface area contributed by atoms with E-state index in [1.165, 1.54) is 4.88 Å². The van der Waals surface area contributed by atoms with Crippen molar-refractivity contribution in [2.75, 3.05) is 7.11 Å². The van der Waals surface area contributed by atoms with Gasteiger partial charge < -0.3 is 4.74 Å². The van der Waals surface area contributed by atoms with Crippen LogP contribution >= 0.6 is 38.6 Å². The Kier molecular flexibility index (Phi) is 3.68. The Bertz CT molecular complexity index is 705. The molecule has 0 amide bonds. The Morgan fingerprint density at radius 2 is 2.00 bits per heavy atom. The van der Waals surface area contributed by atoms with Crippen LogP contribution in [0.2, 0.25) is 0 Å². The molecule has 0 bridgehead atoms. The molecule has 0 saturated heterocycles. The van der Waals surface area contributed by atoms with Crippen molar-refractivity contribution in [3.05, 3.63) is 45.6 Å². The van der Waals surface area contributed by atoms with E-state index in [1.807, 2.05) is 30.3 Å². The van der Waals surface area contributed by atoms with E-state index in [-0.39, 0.29) is 0 Å². The summed E-state index contributed by atoms with van der Waals surface area (Å²) in [7, 11) is 1.68. The summed E-state index contributed by atoms with van der Waals surface area (Å²) in [4.78, 5) is 5.87. The van der Waals surface area contributed by atoms with Gasteiger partial charge in [-0.15, -0.1) is 22.7 Å². The molecule has 0 unspecified atom stereocenters. The van der Waals surface area contributed by atoms with Gasteiger partial charge in [-0.05, 0) is 40.2 Å². The quantitative estimate of drug-likeness (QED) is 0.637. The fourth-order valence-electron chi connectivity index (χ4n) is 1.78. The highest BCUT2D eigenvalue weighted by atomic mass is 79.9. The molecule has 96 valence electrons. The van der Waals surface area contributed by atoms with Crippen LogP contribution in [0.5, 0.6) is 5.75 Å². The third-order valence-corrected chi connectivity index (χ3v) is 5.19. The Hall–Kier alpha value is -1.17. The Morgan fingerprint density at radius 1 is 1.16 bits per heavy atom. The second kappa shape index (κ2) is 5.45. The van der Waals surface area contributed by atoms with Gasteiger partial charge in [0.05, 0.1) is 27.0 Å². The van der Waals surface area contributed by atoms with Crippen molar-refractivity contribution in [3.8, 4) is 26.9 Å². The average Bonchev–Trinajstić information content (AvgIpc) is 3.07. The number of halogens is 1. The number of ether oxygens (including phenoxy) is 1. The van der Waals surface area contributed by atoms with Gasteiger partial charge in [0.15, 0.2) is 0 Å². The molecule has 0 N–H and O–H groups in total. The van der Waals surface area contributed by atoms with Gasteiger partial charge in [-0.3, -0.25) is 0 Å². The van der Waals surface area contributed by atoms with Crippen LogP contribution in [0.25, 0.3) is 21.1 Å².